The summed E-state index contributed by atoms with van der Waals surface area (Å²) in [6.45, 7) is 8.42. The van der Waals surface area contributed by atoms with E-state index in [2.05, 4.69) is 33.7 Å². The smallest absolute Gasteiger partial charge is 0.416 e. The van der Waals surface area contributed by atoms with Crippen LogP contribution in [0.25, 0.3) is 0 Å². The summed E-state index contributed by atoms with van der Waals surface area (Å²) in [5.41, 5.74) is 0.832. The number of carboxylic acid groups (broad SMARTS) is 1. The number of alkyl halides is 3. The van der Waals surface area contributed by atoms with Crippen molar-refractivity contribution in [3.05, 3.63) is 57.9 Å². The molecule has 0 radical (unpaired) electrons. The maximum Gasteiger partial charge on any atom is 0.416 e. The number of aliphatic carboxylic acids is 1. The normalized spacial score (nSPS) is 21.7. The van der Waals surface area contributed by atoms with E-state index in [0.717, 1.165) is 64.5 Å². The molecule has 1 atom stereocenters. The Morgan fingerprint density at radius 2 is 1.26 bits per heavy atom. The van der Waals surface area contributed by atoms with E-state index in [1.165, 1.54) is 19.2 Å². The molecule has 0 spiro atoms. The molecule has 4 rings (SSSR count). The predicted octanol–water partition coefficient (Wildman–Crippen LogP) is 3.20. The molecule has 0 aromatic heterocycles. The van der Waals surface area contributed by atoms with Crippen molar-refractivity contribution in [3.63, 3.8) is 0 Å². The van der Waals surface area contributed by atoms with E-state index in [4.69, 9.17) is 4.74 Å². The van der Waals surface area contributed by atoms with Crippen LogP contribution in [0.4, 0.5) is 13.2 Å². The van der Waals surface area contributed by atoms with Gasteiger partial charge in [0.2, 0.25) is 0 Å². The Morgan fingerprint density at radius 1 is 0.814 bits per heavy atom. The molecule has 2 fully saturated rings. The first-order valence-electron chi connectivity index (χ1n) is 14.4. The minimum absolute atomic E-state index is 0. The second-order valence-electron chi connectivity index (χ2n) is 11.4. The van der Waals surface area contributed by atoms with Crippen molar-refractivity contribution in [1.82, 2.24) is 24.5 Å². The molecule has 1 aromatic carbocycles. The Balaban J connectivity index is 0.00000506. The number of piperazine rings is 2. The molecule has 43 heavy (non-hydrogen) atoms. The summed E-state index contributed by atoms with van der Waals surface area (Å²) >= 11 is 0. The summed E-state index contributed by atoms with van der Waals surface area (Å²) in [7, 11) is 7.17. The third-order valence-electron chi connectivity index (χ3n) is 8.74. The first-order chi connectivity index (χ1) is 19.9. The van der Waals surface area contributed by atoms with Gasteiger partial charge in [0.05, 0.1) is 29.7 Å². The van der Waals surface area contributed by atoms with Gasteiger partial charge in [-0.25, -0.2) is 9.59 Å². The average Bonchev–Trinajstić information content (AvgIpc) is 2.96. The lowest BCUT2D eigenvalue weighted by Gasteiger charge is -2.40. The lowest BCUT2D eigenvalue weighted by molar-refractivity contribution is -0.138. The number of carbonyl (C=O) groups is 2. The van der Waals surface area contributed by atoms with Crippen LogP contribution in [-0.2, 0) is 20.5 Å². The molecule has 3 aliphatic heterocycles. The van der Waals surface area contributed by atoms with Gasteiger partial charge in [-0.05, 0) is 31.8 Å². The standard InChI is InChI=1S/C30H42F3N5O4.ClH/c1-34-13-17-37(18-14-34)11-9-23-26(28(39)40)25(21-5-7-22(8-6-21)30(31,32)33)27(29(41)42-4)24(36(23)3)10-12-38-19-15-35(2)16-20-38;/h5-8,25H,9-20H2,1-4H3,(H,39,40);1H. The van der Waals surface area contributed by atoms with Crippen molar-refractivity contribution in [1.29, 1.82) is 0 Å². The van der Waals surface area contributed by atoms with Crippen molar-refractivity contribution < 1.29 is 32.6 Å². The van der Waals surface area contributed by atoms with E-state index in [0.29, 0.717) is 42.9 Å². The van der Waals surface area contributed by atoms with Gasteiger partial charge in [0.1, 0.15) is 0 Å². The number of nitrogens with zero attached hydrogens (tertiary/aromatic N) is 5. The first-order valence-corrected chi connectivity index (χ1v) is 14.4. The van der Waals surface area contributed by atoms with Gasteiger partial charge in [0, 0.05) is 96.7 Å². The number of hydrogen-bond donors (Lipinski definition) is 1. The topological polar surface area (TPSA) is 79.8 Å². The molecule has 13 heteroatoms. The Labute approximate surface area is 257 Å². The summed E-state index contributed by atoms with van der Waals surface area (Å²) in [5.74, 6) is -2.96. The Kier molecular flexibility index (Phi) is 12.1. The number of hydrogen-bond acceptors (Lipinski definition) is 8. The fraction of sp³-hybridized carbons (Fsp3) is 0.600. The molecule has 1 N–H and O–H groups in total. The van der Waals surface area contributed by atoms with E-state index < -0.39 is 29.6 Å². The molecule has 3 aliphatic rings. The number of benzene rings is 1. The van der Waals surface area contributed by atoms with Crippen molar-refractivity contribution >= 4 is 24.3 Å². The molecule has 1 aromatic rings. The van der Waals surface area contributed by atoms with Crippen molar-refractivity contribution in [2.24, 2.45) is 0 Å². The monoisotopic (exact) mass is 629 g/mol. The van der Waals surface area contributed by atoms with Gasteiger partial charge in [-0.2, -0.15) is 13.2 Å². The van der Waals surface area contributed by atoms with Gasteiger partial charge < -0.3 is 34.3 Å². The predicted molar refractivity (Wildman–Crippen MR) is 160 cm³/mol. The van der Waals surface area contributed by atoms with E-state index in [9.17, 15) is 27.9 Å². The molecule has 0 amide bonds. The van der Waals surface area contributed by atoms with Crippen molar-refractivity contribution in [2.75, 3.05) is 93.7 Å². The zero-order valence-electron chi connectivity index (χ0n) is 25.3. The van der Waals surface area contributed by atoms with Crippen LogP contribution < -0.4 is 0 Å². The zero-order chi connectivity index (χ0) is 30.6. The van der Waals surface area contributed by atoms with Gasteiger partial charge in [-0.1, -0.05) is 12.1 Å². The molecule has 2 saturated heterocycles. The maximum atomic E-state index is 13.4. The Morgan fingerprint density at radius 3 is 1.65 bits per heavy atom. The molecule has 0 saturated carbocycles. The van der Waals surface area contributed by atoms with Crippen LogP contribution in [0.15, 0.2) is 46.8 Å². The number of methoxy groups -OCH3 is 1. The first kappa shape index (κ1) is 34.8. The average molecular weight is 630 g/mol. The second kappa shape index (κ2) is 14.9. The molecule has 9 nitrogen and oxygen atoms in total. The number of carboxylic acids is 1. The summed E-state index contributed by atoms with van der Waals surface area (Å²) < 4.78 is 45.4. The van der Waals surface area contributed by atoms with Crippen LogP contribution in [0, 0.1) is 0 Å². The van der Waals surface area contributed by atoms with Crippen LogP contribution in [0.2, 0.25) is 0 Å². The zero-order valence-corrected chi connectivity index (χ0v) is 26.1. The lowest BCUT2D eigenvalue weighted by Crippen LogP contribution is -2.46. The summed E-state index contributed by atoms with van der Waals surface area (Å²) in [5, 5.41) is 10.6. The third kappa shape index (κ3) is 8.30. The minimum Gasteiger partial charge on any atom is -0.478 e. The molecule has 240 valence electrons. The largest absolute Gasteiger partial charge is 0.478 e. The number of halogens is 4. The van der Waals surface area contributed by atoms with Crippen molar-refractivity contribution in [3.8, 4) is 0 Å². The fourth-order valence-corrected chi connectivity index (χ4v) is 6.07. The summed E-state index contributed by atoms with van der Waals surface area (Å²) in [4.78, 5) is 37.3. The van der Waals surface area contributed by atoms with E-state index in [1.54, 1.807) is 7.05 Å². The summed E-state index contributed by atoms with van der Waals surface area (Å²) in [6, 6.07) is 4.44. The molecule has 0 bridgehead atoms. The van der Waals surface area contributed by atoms with Gasteiger partial charge in [0.25, 0.3) is 0 Å². The Hall–Kier alpha value is -2.64. The van der Waals surface area contributed by atoms with E-state index >= 15 is 0 Å². The highest BCUT2D eigenvalue weighted by Gasteiger charge is 2.41. The SMILES string of the molecule is COC(=O)C1=C(CCN2CCN(C)CC2)N(C)C(CCN2CCN(C)CC2)=C(C(=O)O)C1c1ccc(C(F)(F)F)cc1.Cl. The molecular weight excluding hydrogens is 587 g/mol. The molecule has 0 aliphatic carbocycles. The van der Waals surface area contributed by atoms with Crippen LogP contribution in [0.1, 0.15) is 29.9 Å². The molecular formula is C30H43ClF3N5O4. The number of esters is 1. The van der Waals surface area contributed by atoms with Crippen LogP contribution in [-0.4, -0.2) is 135 Å². The van der Waals surface area contributed by atoms with Gasteiger partial charge in [-0.3, -0.25) is 0 Å². The highest BCUT2D eigenvalue weighted by atomic mass is 35.5. The highest BCUT2D eigenvalue weighted by molar-refractivity contribution is 5.99. The minimum atomic E-state index is -4.54. The molecule has 3 heterocycles. The van der Waals surface area contributed by atoms with Gasteiger partial charge >= 0.3 is 18.1 Å². The number of ether oxygens (including phenoxy) is 1. The third-order valence-corrected chi connectivity index (χ3v) is 8.74. The molecule has 1 unspecified atom stereocenters. The summed E-state index contributed by atoms with van der Waals surface area (Å²) in [6.07, 6.45) is -3.66. The van der Waals surface area contributed by atoms with Crippen LogP contribution in [0.5, 0.6) is 0 Å². The van der Waals surface area contributed by atoms with Crippen LogP contribution in [0.3, 0.4) is 0 Å². The number of carbonyl (C=O) groups excluding carboxylic acids is 1. The fourth-order valence-electron chi connectivity index (χ4n) is 6.07. The van der Waals surface area contributed by atoms with Gasteiger partial charge in [-0.15, -0.1) is 12.4 Å². The van der Waals surface area contributed by atoms with Gasteiger partial charge in [0.15, 0.2) is 0 Å². The van der Waals surface area contributed by atoms with E-state index in [-0.39, 0.29) is 23.6 Å². The quantitative estimate of drug-likeness (QED) is 0.415. The maximum absolute atomic E-state index is 13.4. The number of rotatable bonds is 9. The Bertz CT molecular complexity index is 1190. The highest BCUT2D eigenvalue weighted by Crippen LogP contribution is 2.44. The lowest BCUT2D eigenvalue weighted by atomic mass is 9.78. The second-order valence-corrected chi connectivity index (χ2v) is 11.4. The van der Waals surface area contributed by atoms with Crippen LogP contribution >= 0.6 is 12.4 Å². The van der Waals surface area contributed by atoms with Crippen molar-refractivity contribution in [2.45, 2.75) is 24.9 Å². The van der Waals surface area contributed by atoms with E-state index in [1.807, 2.05) is 4.90 Å². The number of likely N-dealkylation sites (N-methyl/N-ethyl adjacent to an activating group) is 2.